The number of aliphatic hydroxyl groups is 7. The van der Waals surface area contributed by atoms with Crippen molar-refractivity contribution in [2.75, 3.05) is 6.61 Å². The van der Waals surface area contributed by atoms with E-state index in [9.17, 15) is 60.0 Å². The number of benzene rings is 4. The highest BCUT2D eigenvalue weighted by Gasteiger charge is 2.54. The van der Waals surface area contributed by atoms with E-state index in [4.69, 9.17) is 14.2 Å². The molecule has 0 amide bonds. The molecule has 7 rings (SSSR count). The molecule has 8 N–H and O–H groups in total. The third kappa shape index (κ3) is 7.91. The Morgan fingerprint density at radius 3 is 2.26 bits per heavy atom. The zero-order valence-electron chi connectivity index (χ0n) is 33.3. The normalized spacial score (nSPS) is 21.6. The minimum atomic E-state index is -3.15. The van der Waals surface area contributed by atoms with Crippen LogP contribution < -0.4 is 9.47 Å². The monoisotopic (exact) mass is 838 g/mol. The zero-order chi connectivity index (χ0) is 44.0. The van der Waals surface area contributed by atoms with Crippen LogP contribution in [-0.4, -0.2) is 102 Å². The standard InChI is InChI=1S/C46H46O15/c1-23-42(54)46(57,58)43(55)44(59-23)61-35-20-31-38(39(51)30(35)18-27-9-6-10-33(32(27)22-49)45(56)14-3-4-15-45)41(53)36-28(21-48)19-34(60-24(2)50)29(37(36)40(31)52)12-11-25-7-5-8-26(17-25)13-16-47/h5-12,17,19-20,22-23,42-44,47-48,51,54-58H,3-4,13-16,18,21H2,1-2H3. The predicted octanol–water partition coefficient (Wildman–Crippen LogP) is 2.98. The molecule has 2 aliphatic carbocycles. The maximum absolute atomic E-state index is 14.9. The van der Waals surface area contributed by atoms with Gasteiger partial charge in [-0.2, -0.15) is 0 Å². The molecule has 1 saturated heterocycles. The fourth-order valence-electron chi connectivity index (χ4n) is 8.57. The van der Waals surface area contributed by atoms with Gasteiger partial charge in [-0.1, -0.05) is 61.4 Å². The number of hydrogen-bond donors (Lipinski definition) is 8. The van der Waals surface area contributed by atoms with Crippen molar-refractivity contribution in [3.63, 3.8) is 0 Å². The van der Waals surface area contributed by atoms with Crippen molar-refractivity contribution >= 4 is 36.0 Å². The molecule has 2 fully saturated rings. The van der Waals surface area contributed by atoms with Crippen LogP contribution in [0.3, 0.4) is 0 Å². The van der Waals surface area contributed by atoms with Crippen molar-refractivity contribution in [2.24, 2.45) is 0 Å². The predicted molar refractivity (Wildman–Crippen MR) is 216 cm³/mol. The maximum Gasteiger partial charge on any atom is 0.308 e. The second-order valence-corrected chi connectivity index (χ2v) is 15.7. The summed E-state index contributed by atoms with van der Waals surface area (Å²) >= 11 is 0. The highest BCUT2D eigenvalue weighted by molar-refractivity contribution is 6.31. The summed E-state index contributed by atoms with van der Waals surface area (Å²) in [6.07, 6.45) is -1.72. The number of rotatable bonds is 12. The highest BCUT2D eigenvalue weighted by atomic mass is 16.7. The number of aldehydes is 1. The molecule has 0 bridgehead atoms. The second-order valence-electron chi connectivity index (χ2n) is 15.7. The van der Waals surface area contributed by atoms with Gasteiger partial charge in [0.25, 0.3) is 0 Å². The van der Waals surface area contributed by atoms with Crippen LogP contribution in [-0.2, 0) is 34.6 Å². The molecule has 3 aliphatic rings. The van der Waals surface area contributed by atoms with Crippen LogP contribution in [0.1, 0.15) is 121 Å². The SMILES string of the molecule is CC(=O)Oc1cc(CO)c2c(c1C=Cc1cccc(CCO)c1)C(=O)c1cc(OC3OC(C)C(O)C(O)(O)C3O)c(Cc3cccc(C4(O)CCCC4)c3C=O)c(O)c1C2=O. The van der Waals surface area contributed by atoms with Crippen LogP contribution in [0.25, 0.3) is 12.2 Å². The topological polar surface area (TPSA) is 258 Å². The molecular weight excluding hydrogens is 792 g/mol. The smallest absolute Gasteiger partial charge is 0.308 e. The Morgan fingerprint density at radius 2 is 1.59 bits per heavy atom. The van der Waals surface area contributed by atoms with Crippen molar-refractivity contribution in [1.29, 1.82) is 0 Å². The lowest BCUT2D eigenvalue weighted by Crippen LogP contribution is -2.67. The summed E-state index contributed by atoms with van der Waals surface area (Å²) in [5, 5.41) is 86.4. The third-order valence-electron chi connectivity index (χ3n) is 11.7. The Morgan fingerprint density at radius 1 is 0.869 bits per heavy atom. The molecule has 4 aromatic carbocycles. The molecule has 1 saturated carbocycles. The van der Waals surface area contributed by atoms with Gasteiger partial charge in [0.1, 0.15) is 23.4 Å². The van der Waals surface area contributed by atoms with E-state index in [0.717, 1.165) is 31.4 Å². The minimum Gasteiger partial charge on any atom is -0.507 e. The van der Waals surface area contributed by atoms with E-state index in [1.54, 1.807) is 42.5 Å². The molecule has 320 valence electrons. The number of ether oxygens (including phenoxy) is 3. The van der Waals surface area contributed by atoms with Gasteiger partial charge in [-0.25, -0.2) is 0 Å². The number of esters is 1. The van der Waals surface area contributed by atoms with E-state index in [1.165, 1.54) is 19.1 Å². The number of fused-ring (bicyclic) bond motifs is 2. The summed E-state index contributed by atoms with van der Waals surface area (Å²) in [4.78, 5) is 54.8. The largest absolute Gasteiger partial charge is 0.507 e. The van der Waals surface area contributed by atoms with Gasteiger partial charge in [-0.05, 0) is 72.2 Å². The lowest BCUT2D eigenvalue weighted by Gasteiger charge is -2.44. The Kier molecular flexibility index (Phi) is 12.1. The van der Waals surface area contributed by atoms with Gasteiger partial charge in [0.15, 0.2) is 24.0 Å². The molecule has 4 atom stereocenters. The highest BCUT2D eigenvalue weighted by Crippen LogP contribution is 2.47. The van der Waals surface area contributed by atoms with Crippen LogP contribution in [0.4, 0.5) is 0 Å². The van der Waals surface area contributed by atoms with E-state index >= 15 is 0 Å². The number of carbonyl (C=O) groups excluding carboxylic acids is 4. The Bertz CT molecular complexity index is 2440. The first-order valence-corrected chi connectivity index (χ1v) is 19.8. The van der Waals surface area contributed by atoms with Gasteiger partial charge in [-0.15, -0.1) is 0 Å². The van der Waals surface area contributed by atoms with E-state index in [1.807, 2.05) is 6.07 Å². The second kappa shape index (κ2) is 17.0. The Labute approximate surface area is 349 Å². The molecule has 15 nitrogen and oxygen atoms in total. The van der Waals surface area contributed by atoms with Crippen LogP contribution >= 0.6 is 0 Å². The van der Waals surface area contributed by atoms with Gasteiger partial charge in [0.05, 0.1) is 23.9 Å². The summed E-state index contributed by atoms with van der Waals surface area (Å²) in [7, 11) is 0. The summed E-state index contributed by atoms with van der Waals surface area (Å²) < 4.78 is 17.2. The molecular formula is C46H46O15. The number of ketones is 2. The molecule has 15 heteroatoms. The fourth-order valence-corrected chi connectivity index (χ4v) is 8.57. The van der Waals surface area contributed by atoms with Crippen LogP contribution in [0, 0.1) is 0 Å². The first-order chi connectivity index (χ1) is 29.0. The molecule has 0 aromatic heterocycles. The lowest BCUT2D eigenvalue weighted by atomic mass is 9.77. The molecule has 1 aliphatic heterocycles. The molecule has 4 aromatic rings. The van der Waals surface area contributed by atoms with Crippen molar-refractivity contribution < 1.29 is 74.2 Å². The minimum absolute atomic E-state index is 0.0264. The molecule has 0 radical (unpaired) electrons. The number of carbonyl (C=O) groups is 4. The third-order valence-corrected chi connectivity index (χ3v) is 11.7. The summed E-state index contributed by atoms with van der Waals surface area (Å²) in [6, 6.07) is 14.2. The summed E-state index contributed by atoms with van der Waals surface area (Å²) in [5.74, 6) is -7.08. The molecule has 4 unspecified atom stereocenters. The number of phenolic OH excluding ortho intramolecular Hbond substituents is 1. The van der Waals surface area contributed by atoms with E-state index < -0.39 is 82.8 Å². The number of phenols is 1. The van der Waals surface area contributed by atoms with Gasteiger partial charge in [0, 0.05) is 53.3 Å². The average molecular weight is 839 g/mol. The maximum atomic E-state index is 14.9. The lowest BCUT2D eigenvalue weighted by molar-refractivity contribution is -0.371. The van der Waals surface area contributed by atoms with Gasteiger partial charge < -0.3 is 55.1 Å². The number of aliphatic hydroxyl groups excluding tert-OH is 4. The van der Waals surface area contributed by atoms with E-state index in [0.29, 0.717) is 36.7 Å². The van der Waals surface area contributed by atoms with Crippen LogP contribution in [0.2, 0.25) is 0 Å². The number of hydrogen-bond acceptors (Lipinski definition) is 15. The first kappa shape index (κ1) is 43.5. The van der Waals surface area contributed by atoms with Crippen molar-refractivity contribution in [3.8, 4) is 17.2 Å². The molecule has 0 spiro atoms. The number of aromatic hydroxyl groups is 1. The van der Waals surface area contributed by atoms with Crippen molar-refractivity contribution in [1.82, 2.24) is 0 Å². The van der Waals surface area contributed by atoms with Crippen LogP contribution in [0.15, 0.2) is 54.6 Å². The van der Waals surface area contributed by atoms with Gasteiger partial charge in [0.2, 0.25) is 12.1 Å². The van der Waals surface area contributed by atoms with Gasteiger partial charge in [-0.3, -0.25) is 19.2 Å². The van der Waals surface area contributed by atoms with E-state index in [-0.39, 0.29) is 57.7 Å². The van der Waals surface area contributed by atoms with E-state index in [2.05, 4.69) is 0 Å². The average Bonchev–Trinajstić information content (AvgIpc) is 3.68. The Balaban J connectivity index is 1.43. The quantitative estimate of drug-likeness (QED) is 0.0296. The molecule has 61 heavy (non-hydrogen) atoms. The van der Waals surface area contributed by atoms with Crippen molar-refractivity contribution in [3.05, 3.63) is 121 Å². The zero-order valence-corrected chi connectivity index (χ0v) is 33.3. The fraction of sp³-hybridized carbons (Fsp3) is 0.348. The van der Waals surface area contributed by atoms with Crippen molar-refractivity contribution in [2.45, 2.75) is 95.0 Å². The first-order valence-electron chi connectivity index (χ1n) is 19.8. The molecule has 1 heterocycles. The Hall–Kier alpha value is -5.62. The summed E-state index contributed by atoms with van der Waals surface area (Å²) in [5.41, 5.74) is -1.00. The summed E-state index contributed by atoms with van der Waals surface area (Å²) in [6.45, 7) is 1.52. The van der Waals surface area contributed by atoms with Crippen LogP contribution in [0.5, 0.6) is 17.2 Å². The van der Waals surface area contributed by atoms with Gasteiger partial charge >= 0.3 is 5.97 Å².